The summed E-state index contributed by atoms with van der Waals surface area (Å²) >= 11 is 0. The molecular formula is C24H12F34O8. The molecule has 0 aliphatic carbocycles. The lowest BCUT2D eigenvalue weighted by Crippen LogP contribution is -2.68. The number of rotatable bonds is 21. The predicted molar refractivity (Wildman–Crippen MR) is 126 cm³/mol. The fourth-order valence-corrected chi connectivity index (χ4v) is 3.36. The van der Waals surface area contributed by atoms with E-state index in [-0.39, 0.29) is 0 Å². The molecule has 4 unspecified atom stereocenters. The summed E-state index contributed by atoms with van der Waals surface area (Å²) in [6, 6.07) is 0. The summed E-state index contributed by atoms with van der Waals surface area (Å²) < 4.78 is 461. The molecule has 394 valence electrons. The summed E-state index contributed by atoms with van der Waals surface area (Å²) in [6.45, 7) is -3.93. The summed E-state index contributed by atoms with van der Waals surface area (Å²) in [4.78, 5) is 23.2. The molecule has 0 aliphatic rings. The Balaban J connectivity index is 6.08. The number of halogens is 34. The normalized spacial score (nSPS) is 18.8. The lowest BCUT2D eigenvalue weighted by Gasteiger charge is -2.39. The number of esters is 2. The van der Waals surface area contributed by atoms with E-state index >= 15 is 0 Å². The molecule has 8 nitrogen and oxygen atoms in total. The van der Waals surface area contributed by atoms with Crippen molar-refractivity contribution in [2.75, 3.05) is 13.2 Å². The monoisotopic (exact) mass is 1070 g/mol. The highest BCUT2D eigenvalue weighted by molar-refractivity contribution is 5.79. The van der Waals surface area contributed by atoms with Gasteiger partial charge in [-0.05, 0) is 25.7 Å². The number of ether oxygens (including phenoxy) is 6. The third-order valence-corrected chi connectivity index (χ3v) is 6.76. The standard InChI is InChI=1S/C24H12F34O8/c25-9(15(33,34)35,63-23(55,56)13(31,19(45,46)47)65-21(51,52)11(27,28)17(39,40)41)7(59)61-5-3-1-2-4-6-62-8(60)10(26,16(36,37)38)64-24(57,58)14(32,20(48,49)50)66-22(53,54)12(29,30)18(42,43)44/h1-6H2. The van der Waals surface area contributed by atoms with Crippen LogP contribution in [0.25, 0.3) is 0 Å². The Morgan fingerprint density at radius 1 is 0.273 bits per heavy atom. The van der Waals surface area contributed by atoms with Crippen LogP contribution in [0.1, 0.15) is 25.7 Å². The first-order valence-corrected chi connectivity index (χ1v) is 15.0. The molecule has 4 atom stereocenters. The van der Waals surface area contributed by atoms with Gasteiger partial charge in [-0.15, -0.1) is 0 Å². The fourth-order valence-electron chi connectivity index (χ4n) is 3.36. The average molecular weight is 1070 g/mol. The van der Waals surface area contributed by atoms with Crippen LogP contribution in [0.3, 0.4) is 0 Å². The van der Waals surface area contributed by atoms with Gasteiger partial charge in [0.15, 0.2) is 0 Å². The van der Waals surface area contributed by atoms with Crippen molar-refractivity contribution >= 4 is 11.9 Å². The number of alkyl halides is 34. The Morgan fingerprint density at radius 3 is 0.682 bits per heavy atom. The number of hydrogen-bond donors (Lipinski definition) is 0. The lowest BCUT2D eigenvalue weighted by atomic mass is 10.2. The molecule has 0 radical (unpaired) electrons. The van der Waals surface area contributed by atoms with Crippen LogP contribution in [0.5, 0.6) is 0 Å². The second kappa shape index (κ2) is 18.4. The molecule has 0 aromatic carbocycles. The molecule has 0 saturated heterocycles. The summed E-state index contributed by atoms with van der Waals surface area (Å²) in [7, 11) is 0. The minimum absolute atomic E-state index is 1.02. The molecule has 0 N–H and O–H groups in total. The van der Waals surface area contributed by atoms with Gasteiger partial charge in [-0.25, -0.2) is 9.59 Å². The second-order valence-electron chi connectivity index (χ2n) is 11.7. The van der Waals surface area contributed by atoms with Gasteiger partial charge in [0, 0.05) is 0 Å². The zero-order chi connectivity index (χ0) is 53.6. The zero-order valence-corrected chi connectivity index (χ0v) is 29.4. The predicted octanol–water partition coefficient (Wildman–Crippen LogP) is 11.4. The van der Waals surface area contributed by atoms with E-state index in [4.69, 9.17) is 0 Å². The fraction of sp³-hybridized carbons (Fsp3) is 0.917. The van der Waals surface area contributed by atoms with E-state index in [1.54, 1.807) is 9.47 Å². The molecule has 0 amide bonds. The summed E-state index contributed by atoms with van der Waals surface area (Å²) in [5, 5.41) is 0. The minimum Gasteiger partial charge on any atom is -0.461 e. The second-order valence-corrected chi connectivity index (χ2v) is 11.7. The van der Waals surface area contributed by atoms with Crippen molar-refractivity contribution in [1.29, 1.82) is 0 Å². The van der Waals surface area contributed by atoms with Crippen molar-refractivity contribution in [2.24, 2.45) is 0 Å². The van der Waals surface area contributed by atoms with Gasteiger partial charge in [-0.1, -0.05) is 0 Å². The largest absolute Gasteiger partial charge is 0.462 e. The molecule has 42 heteroatoms. The Morgan fingerprint density at radius 2 is 0.500 bits per heavy atom. The van der Waals surface area contributed by atoms with E-state index in [1.165, 1.54) is 9.47 Å². The van der Waals surface area contributed by atoms with E-state index in [0.29, 0.717) is 0 Å². The van der Waals surface area contributed by atoms with Crippen molar-refractivity contribution < 1.29 is 187 Å². The van der Waals surface area contributed by atoms with E-state index in [9.17, 15) is 159 Å². The molecule has 0 aromatic heterocycles. The molecule has 0 aromatic rings. The summed E-state index contributed by atoms with van der Waals surface area (Å²) in [5.41, 5.74) is 0. The number of hydrogen-bond acceptors (Lipinski definition) is 8. The van der Waals surface area contributed by atoms with Gasteiger partial charge < -0.3 is 9.47 Å². The van der Waals surface area contributed by atoms with Gasteiger partial charge in [0.05, 0.1) is 13.2 Å². The quantitative estimate of drug-likeness (QED) is 0.0638. The number of carbonyl (C=O) groups is 2. The van der Waals surface area contributed by atoms with E-state index < -0.39 is 148 Å². The zero-order valence-electron chi connectivity index (χ0n) is 29.4. The van der Waals surface area contributed by atoms with Crippen LogP contribution in [0.15, 0.2) is 0 Å². The highest BCUT2D eigenvalue weighted by Gasteiger charge is 2.87. The van der Waals surface area contributed by atoms with Crippen molar-refractivity contribution in [3.8, 4) is 0 Å². The van der Waals surface area contributed by atoms with Crippen LogP contribution in [0.4, 0.5) is 149 Å². The molecule has 0 spiro atoms. The van der Waals surface area contributed by atoms with Crippen LogP contribution in [-0.4, -0.2) is 122 Å². The molecule has 0 bridgehead atoms. The van der Waals surface area contributed by atoms with Crippen LogP contribution in [-0.2, 0) is 38.0 Å². The highest BCUT2D eigenvalue weighted by atomic mass is 19.5. The lowest BCUT2D eigenvalue weighted by molar-refractivity contribution is -0.548. The average Bonchev–Trinajstić information content (AvgIpc) is 3.04. The third-order valence-electron chi connectivity index (χ3n) is 6.76. The molecule has 0 rings (SSSR count). The smallest absolute Gasteiger partial charge is 0.461 e. The van der Waals surface area contributed by atoms with Gasteiger partial charge in [0.1, 0.15) is 0 Å². The summed E-state index contributed by atoms with van der Waals surface area (Å²) in [5.74, 6) is -56.0. The first-order chi connectivity index (χ1) is 28.4. The summed E-state index contributed by atoms with van der Waals surface area (Å²) in [6.07, 6.45) is -85.0. The Hall–Kier alpha value is -3.60. The van der Waals surface area contributed by atoms with Gasteiger partial charge in [-0.2, -0.15) is 149 Å². The Labute approximate surface area is 336 Å². The van der Waals surface area contributed by atoms with Crippen LogP contribution in [0, 0.1) is 0 Å². The third kappa shape index (κ3) is 12.0. The van der Waals surface area contributed by atoms with E-state index in [0.717, 1.165) is 0 Å². The van der Waals surface area contributed by atoms with Crippen molar-refractivity contribution in [2.45, 2.75) is 122 Å². The molecule has 0 saturated carbocycles. The maximum absolute atomic E-state index is 14.5. The van der Waals surface area contributed by atoms with Crippen LogP contribution >= 0.6 is 0 Å². The van der Waals surface area contributed by atoms with E-state index in [1.807, 2.05) is 0 Å². The van der Waals surface area contributed by atoms with Crippen molar-refractivity contribution in [3.63, 3.8) is 0 Å². The first kappa shape index (κ1) is 62.4. The Kier molecular flexibility index (Phi) is 17.4. The molecular weight excluding hydrogens is 1060 g/mol. The maximum atomic E-state index is 14.5. The molecule has 66 heavy (non-hydrogen) atoms. The first-order valence-electron chi connectivity index (χ1n) is 15.0. The highest BCUT2D eigenvalue weighted by Crippen LogP contribution is 2.59. The van der Waals surface area contributed by atoms with Gasteiger partial charge in [-0.3, -0.25) is 18.9 Å². The molecule has 0 aliphatic heterocycles. The number of unbranched alkanes of at least 4 members (excludes halogenated alkanes) is 3. The van der Waals surface area contributed by atoms with Gasteiger partial charge in [0.2, 0.25) is 0 Å². The molecule has 0 heterocycles. The maximum Gasteiger partial charge on any atom is 0.462 e. The van der Waals surface area contributed by atoms with Crippen LogP contribution in [0.2, 0.25) is 0 Å². The SMILES string of the molecule is O=C(OCCCCCCOC(=O)C(F)(OC(F)(F)C(F)(OC(F)(F)C(F)(F)C(F)(F)F)C(F)(F)F)C(F)(F)F)C(F)(OC(F)(F)C(F)(OC(F)(F)C(F)(F)C(F)(F)F)C(F)(F)F)C(F)(F)F. The number of carbonyl (C=O) groups excluding carboxylic acids is 2. The van der Waals surface area contributed by atoms with Gasteiger partial charge in [0.25, 0.3) is 0 Å². The topological polar surface area (TPSA) is 89.5 Å². The molecule has 0 fully saturated rings. The van der Waals surface area contributed by atoms with Crippen molar-refractivity contribution in [3.05, 3.63) is 0 Å². The van der Waals surface area contributed by atoms with Gasteiger partial charge >= 0.3 is 109 Å². The Bertz CT molecular complexity index is 1540. The minimum atomic E-state index is -8.40. The van der Waals surface area contributed by atoms with E-state index in [2.05, 4.69) is 9.47 Å². The van der Waals surface area contributed by atoms with Crippen LogP contribution < -0.4 is 0 Å². The van der Waals surface area contributed by atoms with Crippen molar-refractivity contribution in [1.82, 2.24) is 0 Å².